The molecule has 0 aliphatic heterocycles. The Hall–Kier alpha value is -2.04. The molecule has 0 spiro atoms. The van der Waals surface area contributed by atoms with Gasteiger partial charge in [-0.2, -0.15) is 0 Å². The minimum absolute atomic E-state index is 0.0609. The molecule has 0 atom stereocenters. The van der Waals surface area contributed by atoms with Gasteiger partial charge in [-0.3, -0.25) is 4.79 Å². The maximum absolute atomic E-state index is 11.6. The Morgan fingerprint density at radius 3 is 2.39 bits per heavy atom. The third-order valence-electron chi connectivity index (χ3n) is 2.10. The summed E-state index contributed by atoms with van der Waals surface area (Å²) in [5, 5.41) is 12.7. The zero-order valence-electron chi connectivity index (χ0n) is 10.4. The van der Waals surface area contributed by atoms with Gasteiger partial charge in [-0.05, 0) is 38.1 Å². The van der Waals surface area contributed by atoms with Gasteiger partial charge in [0.15, 0.2) is 0 Å². The van der Waals surface area contributed by atoms with Crippen LogP contribution in [-0.2, 0) is 4.79 Å². The molecule has 1 rings (SSSR count). The molecule has 0 radical (unpaired) electrons. The quantitative estimate of drug-likeness (QED) is 0.789. The highest BCUT2D eigenvalue weighted by atomic mass is 16.5. The van der Waals surface area contributed by atoms with E-state index in [0.29, 0.717) is 11.3 Å². The summed E-state index contributed by atoms with van der Waals surface area (Å²) in [5.41, 5.74) is 0.462. The summed E-state index contributed by atoms with van der Waals surface area (Å²) in [6, 6.07) is 6.67. The maximum atomic E-state index is 11.6. The van der Waals surface area contributed by atoms with Crippen LogP contribution >= 0.6 is 0 Å². The van der Waals surface area contributed by atoms with Crippen molar-refractivity contribution in [2.45, 2.75) is 26.4 Å². The summed E-state index contributed by atoms with van der Waals surface area (Å²) in [4.78, 5) is 21.8. The van der Waals surface area contributed by atoms with Crippen molar-refractivity contribution in [1.29, 1.82) is 0 Å². The highest BCUT2D eigenvalue weighted by Gasteiger charge is 2.05. The highest BCUT2D eigenvalue weighted by Crippen LogP contribution is 2.13. The average molecular weight is 250 g/mol. The van der Waals surface area contributed by atoms with Gasteiger partial charge in [0.05, 0.1) is 6.10 Å². The molecular weight excluding hydrogens is 234 g/mol. The first-order chi connectivity index (χ1) is 8.49. The molecule has 1 aromatic rings. The van der Waals surface area contributed by atoms with Crippen LogP contribution < -0.4 is 15.2 Å². The fourth-order valence-electron chi connectivity index (χ4n) is 1.34. The van der Waals surface area contributed by atoms with Crippen LogP contribution in [0, 0.1) is 0 Å². The Bertz CT molecular complexity index is 412. The van der Waals surface area contributed by atoms with E-state index in [1.165, 1.54) is 0 Å². The van der Waals surface area contributed by atoms with Gasteiger partial charge in [-0.15, -0.1) is 0 Å². The van der Waals surface area contributed by atoms with Crippen molar-refractivity contribution in [3.63, 3.8) is 0 Å². The summed E-state index contributed by atoms with van der Waals surface area (Å²) in [6.45, 7) is 3.90. The molecular formula is C13H16NO4-. The Morgan fingerprint density at radius 2 is 1.89 bits per heavy atom. The molecule has 18 heavy (non-hydrogen) atoms. The molecule has 1 N–H and O–H groups in total. The molecule has 0 bridgehead atoms. The topological polar surface area (TPSA) is 78.5 Å². The minimum Gasteiger partial charge on any atom is -0.550 e. The van der Waals surface area contributed by atoms with Gasteiger partial charge in [-0.25, -0.2) is 0 Å². The Balaban J connectivity index is 2.51. The zero-order valence-corrected chi connectivity index (χ0v) is 10.4. The monoisotopic (exact) mass is 250 g/mol. The number of ether oxygens (including phenoxy) is 1. The third-order valence-corrected chi connectivity index (χ3v) is 2.10. The van der Waals surface area contributed by atoms with E-state index in [1.54, 1.807) is 24.3 Å². The van der Waals surface area contributed by atoms with Crippen LogP contribution in [0.25, 0.3) is 0 Å². The predicted octanol–water partition coefficient (Wildman–Crippen LogP) is 0.344. The van der Waals surface area contributed by atoms with E-state index >= 15 is 0 Å². The number of carbonyl (C=O) groups is 2. The molecule has 0 aliphatic carbocycles. The predicted molar refractivity (Wildman–Crippen MR) is 64.2 cm³/mol. The van der Waals surface area contributed by atoms with Crippen LogP contribution in [-0.4, -0.2) is 24.5 Å². The molecule has 98 valence electrons. The lowest BCUT2D eigenvalue weighted by molar-refractivity contribution is -0.305. The third kappa shape index (κ3) is 4.86. The van der Waals surface area contributed by atoms with E-state index in [4.69, 9.17) is 4.74 Å². The van der Waals surface area contributed by atoms with Gasteiger partial charge >= 0.3 is 0 Å². The van der Waals surface area contributed by atoms with Crippen molar-refractivity contribution >= 4 is 11.9 Å². The van der Waals surface area contributed by atoms with Crippen LogP contribution in [0.3, 0.4) is 0 Å². The van der Waals surface area contributed by atoms with Gasteiger partial charge in [0, 0.05) is 24.5 Å². The average Bonchev–Trinajstić information content (AvgIpc) is 2.28. The summed E-state index contributed by atoms with van der Waals surface area (Å²) in [6.07, 6.45) is -0.118. The minimum atomic E-state index is -1.18. The normalized spacial score (nSPS) is 10.2. The summed E-state index contributed by atoms with van der Waals surface area (Å²) < 4.78 is 5.44. The number of carbonyl (C=O) groups excluding carboxylic acids is 2. The first-order valence-electron chi connectivity index (χ1n) is 5.74. The second kappa shape index (κ2) is 6.64. The standard InChI is InChI=1S/C13H17NO4/c1-9(2)18-11-5-3-10(4-6-11)13(17)14-8-7-12(15)16/h3-6,9H,7-8H2,1-2H3,(H,14,17)(H,15,16)/p-1. The van der Waals surface area contributed by atoms with Gasteiger partial charge in [0.25, 0.3) is 5.91 Å². The number of hydrogen-bond donors (Lipinski definition) is 1. The molecule has 1 aromatic carbocycles. The van der Waals surface area contributed by atoms with Crippen LogP contribution in [0.1, 0.15) is 30.6 Å². The van der Waals surface area contributed by atoms with Crippen LogP contribution in [0.5, 0.6) is 5.75 Å². The van der Waals surface area contributed by atoms with Crippen LogP contribution in [0.4, 0.5) is 0 Å². The highest BCUT2D eigenvalue weighted by molar-refractivity contribution is 5.94. The van der Waals surface area contributed by atoms with E-state index < -0.39 is 5.97 Å². The molecule has 0 unspecified atom stereocenters. The maximum Gasteiger partial charge on any atom is 0.251 e. The number of hydrogen-bond acceptors (Lipinski definition) is 4. The Morgan fingerprint density at radius 1 is 1.28 bits per heavy atom. The number of carboxylic acids is 1. The van der Waals surface area contributed by atoms with Gasteiger partial charge in [-0.1, -0.05) is 0 Å². The van der Waals surface area contributed by atoms with E-state index in [2.05, 4.69) is 5.32 Å². The molecule has 1 amide bonds. The number of nitrogens with one attached hydrogen (secondary N) is 1. The van der Waals surface area contributed by atoms with E-state index in [-0.39, 0.29) is 25.0 Å². The lowest BCUT2D eigenvalue weighted by Gasteiger charge is -2.10. The summed E-state index contributed by atoms with van der Waals surface area (Å²) in [7, 11) is 0. The van der Waals surface area contributed by atoms with Gasteiger partial charge in [0.1, 0.15) is 5.75 Å². The van der Waals surface area contributed by atoms with Gasteiger partial charge < -0.3 is 20.0 Å². The molecule has 0 saturated carbocycles. The van der Waals surface area contributed by atoms with E-state index in [1.807, 2.05) is 13.8 Å². The molecule has 0 saturated heterocycles. The second-order valence-corrected chi connectivity index (χ2v) is 4.07. The number of benzene rings is 1. The SMILES string of the molecule is CC(C)Oc1ccc(C(=O)NCCC(=O)[O-])cc1. The van der Waals surface area contributed by atoms with E-state index in [0.717, 1.165) is 0 Å². The number of amides is 1. The molecule has 0 heterocycles. The lowest BCUT2D eigenvalue weighted by atomic mass is 10.2. The van der Waals surface area contributed by atoms with Crippen LogP contribution in [0.15, 0.2) is 24.3 Å². The molecule has 0 fully saturated rings. The molecule has 5 heteroatoms. The Kier molecular flexibility index (Phi) is 5.17. The first kappa shape index (κ1) is 14.0. The molecule has 0 aliphatic rings. The summed E-state index contributed by atoms with van der Waals surface area (Å²) in [5.74, 6) is -0.806. The van der Waals surface area contributed by atoms with Crippen molar-refractivity contribution in [3.05, 3.63) is 29.8 Å². The number of aliphatic carboxylic acids is 1. The lowest BCUT2D eigenvalue weighted by Crippen LogP contribution is -2.30. The van der Waals surface area contributed by atoms with Crippen molar-refractivity contribution in [3.8, 4) is 5.75 Å². The number of rotatable bonds is 6. The van der Waals surface area contributed by atoms with Crippen molar-refractivity contribution in [2.24, 2.45) is 0 Å². The zero-order chi connectivity index (χ0) is 13.5. The van der Waals surface area contributed by atoms with E-state index in [9.17, 15) is 14.7 Å². The van der Waals surface area contributed by atoms with Crippen LogP contribution in [0.2, 0.25) is 0 Å². The second-order valence-electron chi connectivity index (χ2n) is 4.07. The first-order valence-corrected chi connectivity index (χ1v) is 5.74. The fraction of sp³-hybridized carbons (Fsp3) is 0.385. The Labute approximate surface area is 106 Å². The van der Waals surface area contributed by atoms with Crippen molar-refractivity contribution < 1.29 is 19.4 Å². The van der Waals surface area contributed by atoms with Crippen molar-refractivity contribution in [1.82, 2.24) is 5.32 Å². The van der Waals surface area contributed by atoms with Crippen molar-refractivity contribution in [2.75, 3.05) is 6.54 Å². The smallest absolute Gasteiger partial charge is 0.251 e. The van der Waals surface area contributed by atoms with Gasteiger partial charge in [0.2, 0.25) is 0 Å². The molecule has 5 nitrogen and oxygen atoms in total. The molecule has 0 aromatic heterocycles. The fourth-order valence-corrected chi connectivity index (χ4v) is 1.34. The summed E-state index contributed by atoms with van der Waals surface area (Å²) >= 11 is 0. The number of carboxylic acid groups (broad SMARTS) is 1. The largest absolute Gasteiger partial charge is 0.550 e.